The molecule has 29 heavy (non-hydrogen) atoms. The van der Waals surface area contributed by atoms with Crippen LogP contribution >= 0.6 is 39.9 Å². The molecular weight excluding hydrogens is 474 g/mol. The number of hydrogen-bond acceptors (Lipinski definition) is 6. The molecule has 152 valence electrons. The van der Waals surface area contributed by atoms with Crippen LogP contribution in [0.4, 0.5) is 0 Å². The number of nitrogens with one attached hydrogen (secondary N) is 1. The maximum atomic E-state index is 11.9. The van der Waals surface area contributed by atoms with Gasteiger partial charge in [0.15, 0.2) is 0 Å². The number of aryl methyl sites for hydroxylation is 1. The number of hydrogen-bond donors (Lipinski definition) is 1. The Morgan fingerprint density at radius 1 is 1.07 bits per heavy atom. The SMILES string of the molecule is Cc1ccccc1OCCOCCOc1ccc(Br)cc1C=C1SC(=S)NC1=O. The van der Waals surface area contributed by atoms with Gasteiger partial charge in [-0.1, -0.05) is 58.1 Å². The summed E-state index contributed by atoms with van der Waals surface area (Å²) in [5, 5.41) is 2.61. The minimum Gasteiger partial charge on any atom is -0.491 e. The lowest BCUT2D eigenvalue weighted by Crippen LogP contribution is -2.17. The zero-order valence-electron chi connectivity index (χ0n) is 15.8. The van der Waals surface area contributed by atoms with Crippen molar-refractivity contribution in [1.82, 2.24) is 5.32 Å². The largest absolute Gasteiger partial charge is 0.491 e. The molecule has 0 aromatic heterocycles. The van der Waals surface area contributed by atoms with Crippen molar-refractivity contribution in [2.45, 2.75) is 6.92 Å². The summed E-state index contributed by atoms with van der Waals surface area (Å²) in [5.41, 5.74) is 1.90. The number of carbonyl (C=O) groups is 1. The highest BCUT2D eigenvalue weighted by Gasteiger charge is 2.22. The van der Waals surface area contributed by atoms with Crippen molar-refractivity contribution in [2.24, 2.45) is 0 Å². The van der Waals surface area contributed by atoms with E-state index in [9.17, 15) is 4.79 Å². The van der Waals surface area contributed by atoms with Crippen molar-refractivity contribution in [3.05, 3.63) is 63.0 Å². The lowest BCUT2D eigenvalue weighted by atomic mass is 10.2. The average Bonchev–Trinajstić information content (AvgIpc) is 3.00. The summed E-state index contributed by atoms with van der Waals surface area (Å²) in [4.78, 5) is 12.4. The Morgan fingerprint density at radius 3 is 2.48 bits per heavy atom. The van der Waals surface area contributed by atoms with Gasteiger partial charge in [0.05, 0.1) is 18.1 Å². The lowest BCUT2D eigenvalue weighted by molar-refractivity contribution is -0.115. The van der Waals surface area contributed by atoms with Crippen LogP contribution in [-0.2, 0) is 9.53 Å². The second-order valence-corrected chi connectivity index (χ2v) is 8.74. The van der Waals surface area contributed by atoms with Crippen molar-refractivity contribution in [3.63, 3.8) is 0 Å². The molecule has 1 heterocycles. The summed E-state index contributed by atoms with van der Waals surface area (Å²) in [6.45, 7) is 3.79. The summed E-state index contributed by atoms with van der Waals surface area (Å²) in [6.07, 6.45) is 1.77. The van der Waals surface area contributed by atoms with Gasteiger partial charge in [-0.2, -0.15) is 0 Å². The molecule has 0 aliphatic carbocycles. The molecule has 1 fully saturated rings. The number of carbonyl (C=O) groups excluding carboxylic acids is 1. The maximum Gasteiger partial charge on any atom is 0.263 e. The molecule has 2 aromatic rings. The van der Waals surface area contributed by atoms with E-state index >= 15 is 0 Å². The van der Waals surface area contributed by atoms with Crippen LogP contribution in [0.15, 0.2) is 51.8 Å². The van der Waals surface area contributed by atoms with E-state index in [4.69, 9.17) is 26.4 Å². The monoisotopic (exact) mass is 493 g/mol. The second-order valence-electron chi connectivity index (χ2n) is 6.11. The highest BCUT2D eigenvalue weighted by atomic mass is 79.9. The van der Waals surface area contributed by atoms with Gasteiger partial charge in [-0.15, -0.1) is 0 Å². The zero-order valence-corrected chi connectivity index (χ0v) is 19.0. The first-order valence-corrected chi connectivity index (χ1v) is 11.0. The summed E-state index contributed by atoms with van der Waals surface area (Å²) in [7, 11) is 0. The van der Waals surface area contributed by atoms with Crippen LogP contribution in [0, 0.1) is 6.92 Å². The number of benzene rings is 2. The first-order chi connectivity index (χ1) is 14.0. The number of thiocarbonyl (C=S) groups is 1. The van der Waals surface area contributed by atoms with Gasteiger partial charge in [-0.3, -0.25) is 4.79 Å². The van der Waals surface area contributed by atoms with Crippen LogP contribution in [0.25, 0.3) is 6.08 Å². The third-order valence-corrected chi connectivity index (χ3v) is 5.62. The number of rotatable bonds is 9. The molecule has 1 aliphatic heterocycles. The highest BCUT2D eigenvalue weighted by molar-refractivity contribution is 9.10. The number of ether oxygens (including phenoxy) is 3. The van der Waals surface area contributed by atoms with E-state index in [1.54, 1.807) is 6.08 Å². The molecule has 0 saturated carbocycles. The standard InChI is InChI=1S/C21H20BrNO4S2/c1-14-4-2-3-5-17(14)26-10-8-25-9-11-27-18-7-6-16(22)12-15(18)13-19-20(24)23-21(28)29-19/h2-7,12-13H,8-11H2,1H3,(H,23,24,28). The topological polar surface area (TPSA) is 56.8 Å². The van der Waals surface area contributed by atoms with Crippen molar-refractivity contribution in [2.75, 3.05) is 26.4 Å². The fourth-order valence-corrected chi connectivity index (χ4v) is 3.98. The third-order valence-electron chi connectivity index (χ3n) is 3.96. The molecule has 0 bridgehead atoms. The van der Waals surface area contributed by atoms with Gasteiger partial charge in [-0.05, 0) is 42.8 Å². The summed E-state index contributed by atoms with van der Waals surface area (Å²) < 4.78 is 18.5. The highest BCUT2D eigenvalue weighted by Crippen LogP contribution is 2.31. The zero-order chi connectivity index (χ0) is 20.6. The molecule has 5 nitrogen and oxygen atoms in total. The molecular formula is C21H20BrNO4S2. The summed E-state index contributed by atoms with van der Waals surface area (Å²) in [6, 6.07) is 13.5. The van der Waals surface area contributed by atoms with Crippen LogP contribution < -0.4 is 14.8 Å². The van der Waals surface area contributed by atoms with Crippen molar-refractivity contribution in [1.29, 1.82) is 0 Å². The Labute approximate surface area is 187 Å². The predicted molar refractivity (Wildman–Crippen MR) is 123 cm³/mol. The number of halogens is 1. The predicted octanol–water partition coefficient (Wildman–Crippen LogP) is 4.72. The van der Waals surface area contributed by atoms with Gasteiger partial charge in [0.2, 0.25) is 0 Å². The molecule has 1 N–H and O–H groups in total. The molecule has 1 saturated heterocycles. The van der Waals surface area contributed by atoms with Gasteiger partial charge in [0.1, 0.15) is 29.0 Å². The van der Waals surface area contributed by atoms with Crippen LogP contribution in [0.5, 0.6) is 11.5 Å². The van der Waals surface area contributed by atoms with Gasteiger partial charge in [0.25, 0.3) is 5.91 Å². The normalized spacial score (nSPS) is 14.9. The van der Waals surface area contributed by atoms with Gasteiger partial charge < -0.3 is 19.5 Å². The summed E-state index contributed by atoms with van der Waals surface area (Å²) >= 11 is 9.72. The van der Waals surface area contributed by atoms with Gasteiger partial charge in [0, 0.05) is 10.0 Å². The molecule has 2 aromatic carbocycles. The van der Waals surface area contributed by atoms with E-state index < -0.39 is 0 Å². The van der Waals surface area contributed by atoms with Crippen molar-refractivity contribution in [3.8, 4) is 11.5 Å². The Kier molecular flexibility index (Phi) is 8.11. The number of para-hydroxylation sites is 1. The lowest BCUT2D eigenvalue weighted by Gasteiger charge is -2.11. The molecule has 1 amide bonds. The first kappa shape index (κ1) is 21.8. The fraction of sp³-hybridized carbons (Fsp3) is 0.238. The first-order valence-electron chi connectivity index (χ1n) is 8.96. The molecule has 3 rings (SSSR count). The maximum absolute atomic E-state index is 11.9. The number of thioether (sulfide) groups is 1. The molecule has 1 aliphatic rings. The van der Waals surface area contributed by atoms with E-state index in [2.05, 4.69) is 21.2 Å². The van der Waals surface area contributed by atoms with Crippen molar-refractivity contribution < 1.29 is 19.0 Å². The Hall–Kier alpha value is -1.87. The molecule has 8 heteroatoms. The smallest absolute Gasteiger partial charge is 0.263 e. The van der Waals surface area contributed by atoms with E-state index in [-0.39, 0.29) is 5.91 Å². The van der Waals surface area contributed by atoms with Crippen LogP contribution in [0.2, 0.25) is 0 Å². The Balaban J connectivity index is 1.46. The molecule has 0 atom stereocenters. The molecule has 0 radical (unpaired) electrons. The quantitative estimate of drug-likeness (QED) is 0.309. The summed E-state index contributed by atoms with van der Waals surface area (Å²) in [5.74, 6) is 1.35. The van der Waals surface area contributed by atoms with Crippen LogP contribution in [0.1, 0.15) is 11.1 Å². The van der Waals surface area contributed by atoms with E-state index in [1.165, 1.54) is 11.8 Å². The third kappa shape index (κ3) is 6.57. The van der Waals surface area contributed by atoms with Crippen LogP contribution in [0.3, 0.4) is 0 Å². The van der Waals surface area contributed by atoms with Crippen LogP contribution in [-0.4, -0.2) is 36.7 Å². The second kappa shape index (κ2) is 10.8. The molecule has 0 spiro atoms. The molecule has 0 unspecified atom stereocenters. The van der Waals surface area contributed by atoms with Gasteiger partial charge in [-0.25, -0.2) is 0 Å². The average molecular weight is 494 g/mol. The van der Waals surface area contributed by atoms with E-state index in [0.29, 0.717) is 41.4 Å². The van der Waals surface area contributed by atoms with E-state index in [1.807, 2.05) is 49.4 Å². The Bertz CT molecular complexity index is 933. The minimum absolute atomic E-state index is 0.192. The van der Waals surface area contributed by atoms with Gasteiger partial charge >= 0.3 is 0 Å². The van der Waals surface area contributed by atoms with Crippen molar-refractivity contribution >= 4 is 56.2 Å². The Morgan fingerprint density at radius 2 is 1.79 bits per heavy atom. The number of amides is 1. The fourth-order valence-electron chi connectivity index (χ4n) is 2.57. The van der Waals surface area contributed by atoms with E-state index in [0.717, 1.165) is 21.3 Å². The minimum atomic E-state index is -0.192.